The molecule has 44 heavy (non-hydrogen) atoms. The fraction of sp³-hybridized carbons (Fsp3) is 0.943. The third-order valence-electron chi connectivity index (χ3n) is 7.22. The zero-order valence-electron chi connectivity index (χ0n) is 28.5. The van der Waals surface area contributed by atoms with Crippen molar-refractivity contribution in [1.82, 2.24) is 0 Å². The number of carbonyl (C=O) groups is 2. The molecule has 1 aliphatic carbocycles. The van der Waals surface area contributed by atoms with Gasteiger partial charge in [-0.2, -0.15) is 0 Å². The highest BCUT2D eigenvalue weighted by Gasteiger charge is 2.50. The highest BCUT2D eigenvalue weighted by Crippen LogP contribution is 2.43. The van der Waals surface area contributed by atoms with Gasteiger partial charge in [0.1, 0.15) is 6.10 Å². The SMILES string of the molecule is C.C.CC(=O)[C@@H]1OC2(CCCCC2)O[C@@H]1CC(C)(C)C.CC(C)(C)CC1COC(C)(C)O1.CC(C)(C)C[C@@H](O)[C@@H](O)C(=O)O. The molecule has 0 aromatic rings. The normalized spacial score (nSPS) is 25.6. The Labute approximate surface area is 269 Å². The Morgan fingerprint density at radius 3 is 1.66 bits per heavy atom. The van der Waals surface area contributed by atoms with E-state index in [1.807, 2.05) is 34.6 Å². The van der Waals surface area contributed by atoms with Crippen molar-refractivity contribution in [2.75, 3.05) is 6.61 Å². The predicted molar refractivity (Wildman–Crippen MR) is 176 cm³/mol. The molecule has 0 aromatic heterocycles. The van der Waals surface area contributed by atoms with E-state index in [4.69, 9.17) is 29.2 Å². The molecule has 3 aliphatic rings. The van der Waals surface area contributed by atoms with Crippen molar-refractivity contribution < 1.29 is 43.9 Å². The van der Waals surface area contributed by atoms with E-state index in [0.29, 0.717) is 5.41 Å². The first-order valence-corrected chi connectivity index (χ1v) is 15.6. The number of aliphatic hydroxyl groups excluding tert-OH is 2. The Bertz CT molecular complexity index is 842. The summed E-state index contributed by atoms with van der Waals surface area (Å²) in [7, 11) is 0. The lowest BCUT2D eigenvalue weighted by Gasteiger charge is -2.32. The summed E-state index contributed by atoms with van der Waals surface area (Å²) in [4.78, 5) is 22.0. The zero-order valence-corrected chi connectivity index (χ0v) is 28.5. The molecule has 1 spiro atoms. The minimum absolute atomic E-state index is 0. The molecule has 3 N–H and O–H groups in total. The van der Waals surface area contributed by atoms with E-state index in [9.17, 15) is 14.7 Å². The second-order valence-electron chi connectivity index (χ2n) is 16.4. The first-order chi connectivity index (χ1) is 18.8. The zero-order chi connectivity index (χ0) is 32.7. The smallest absolute Gasteiger partial charge is 0.335 e. The van der Waals surface area contributed by atoms with E-state index in [1.165, 1.54) is 6.42 Å². The molecule has 9 nitrogen and oxygen atoms in total. The summed E-state index contributed by atoms with van der Waals surface area (Å²) in [6.07, 6.45) is 4.61. The fourth-order valence-corrected chi connectivity index (χ4v) is 5.55. The van der Waals surface area contributed by atoms with E-state index < -0.39 is 24.0 Å². The van der Waals surface area contributed by atoms with Crippen LogP contribution in [0.1, 0.15) is 149 Å². The Hall–Kier alpha value is -1.10. The summed E-state index contributed by atoms with van der Waals surface area (Å²) < 4.78 is 23.4. The Morgan fingerprint density at radius 2 is 1.30 bits per heavy atom. The van der Waals surface area contributed by atoms with Gasteiger partial charge in [-0.1, -0.05) is 83.6 Å². The van der Waals surface area contributed by atoms with E-state index >= 15 is 0 Å². The van der Waals surface area contributed by atoms with Gasteiger partial charge in [0, 0.05) is 12.8 Å². The number of carbonyl (C=O) groups excluding carboxylic acids is 1. The maximum atomic E-state index is 11.8. The lowest BCUT2D eigenvalue weighted by molar-refractivity contribution is -0.196. The average molecular weight is 635 g/mol. The Kier molecular flexibility index (Phi) is 18.1. The van der Waals surface area contributed by atoms with Crippen molar-refractivity contribution in [2.24, 2.45) is 16.2 Å². The maximum absolute atomic E-state index is 11.8. The second kappa shape index (κ2) is 17.7. The van der Waals surface area contributed by atoms with E-state index in [0.717, 1.165) is 45.1 Å². The third-order valence-corrected chi connectivity index (χ3v) is 7.22. The molecule has 264 valence electrons. The molecule has 9 heteroatoms. The van der Waals surface area contributed by atoms with Crippen LogP contribution >= 0.6 is 0 Å². The molecular formula is C35H70O9. The molecule has 3 fully saturated rings. The largest absolute Gasteiger partial charge is 0.479 e. The van der Waals surface area contributed by atoms with Crippen LogP contribution in [0.2, 0.25) is 0 Å². The highest BCUT2D eigenvalue weighted by molar-refractivity contribution is 5.81. The van der Waals surface area contributed by atoms with Crippen molar-refractivity contribution >= 4 is 11.8 Å². The van der Waals surface area contributed by atoms with Gasteiger partial charge in [0.05, 0.1) is 24.9 Å². The van der Waals surface area contributed by atoms with Crippen LogP contribution in [0, 0.1) is 16.2 Å². The number of Topliss-reactive ketones (excluding diaryl/α,β-unsaturated/α-hetero) is 1. The molecule has 0 aromatic carbocycles. The standard InChI is InChI=1S/C15H26O3.C10H20O2.C8H16O4.2CH4/c1-11(16)13-12(10-14(2,3)4)17-15(18-13)8-6-5-7-9-15;1-9(2,3)6-8-7-11-10(4,5)12-8;1-8(2,3)4-5(9)6(10)7(11)12;;/h12-13H,5-10H2,1-4H3;8H,6-7H2,1-5H3;5-6,9-10H,4H2,1-3H3,(H,11,12);2*1H4/t12-,13+;;5-,6-;;/m1.1../s1. The van der Waals surface area contributed by atoms with E-state index in [-0.39, 0.29) is 62.0 Å². The predicted octanol–water partition coefficient (Wildman–Crippen LogP) is 7.53. The molecule has 0 radical (unpaired) electrons. The number of carboxylic acid groups (broad SMARTS) is 1. The highest BCUT2D eigenvalue weighted by atomic mass is 16.8. The second-order valence-corrected chi connectivity index (χ2v) is 16.4. The summed E-state index contributed by atoms with van der Waals surface area (Å²) in [5, 5.41) is 26.4. The van der Waals surface area contributed by atoms with Gasteiger partial charge in [0.2, 0.25) is 0 Å². The number of ether oxygens (including phenoxy) is 4. The summed E-state index contributed by atoms with van der Waals surface area (Å²) in [6.45, 7) is 25.1. The average Bonchev–Trinajstić information content (AvgIpc) is 3.29. The van der Waals surface area contributed by atoms with E-state index in [1.54, 1.807) is 6.92 Å². The topological polar surface area (TPSA) is 132 Å². The Morgan fingerprint density at radius 1 is 0.795 bits per heavy atom. The molecule has 3 rings (SSSR count). The van der Waals surface area contributed by atoms with Crippen LogP contribution in [-0.2, 0) is 28.5 Å². The van der Waals surface area contributed by atoms with Crippen LogP contribution in [0.4, 0.5) is 0 Å². The summed E-state index contributed by atoms with van der Waals surface area (Å²) in [5.41, 5.74) is 0.298. The number of aliphatic hydroxyl groups is 2. The number of ketones is 1. The van der Waals surface area contributed by atoms with E-state index in [2.05, 4.69) is 41.5 Å². The van der Waals surface area contributed by atoms with Gasteiger partial charge in [-0.3, -0.25) is 4.79 Å². The monoisotopic (exact) mass is 635 g/mol. The number of aliphatic carboxylic acids is 1. The first kappa shape index (κ1) is 45.0. The maximum Gasteiger partial charge on any atom is 0.335 e. The van der Waals surface area contributed by atoms with Crippen LogP contribution < -0.4 is 0 Å². The molecular weight excluding hydrogens is 564 g/mol. The van der Waals surface area contributed by atoms with Crippen molar-refractivity contribution in [2.45, 2.75) is 191 Å². The van der Waals surface area contributed by atoms with Gasteiger partial charge in [-0.05, 0) is 69.1 Å². The van der Waals surface area contributed by atoms with Crippen molar-refractivity contribution in [3.63, 3.8) is 0 Å². The quantitative estimate of drug-likeness (QED) is 0.271. The lowest BCUT2D eigenvalue weighted by atomic mass is 9.87. The van der Waals surface area contributed by atoms with Crippen LogP contribution in [0.3, 0.4) is 0 Å². The minimum atomic E-state index is -1.68. The third kappa shape index (κ3) is 17.6. The molecule has 0 bridgehead atoms. The molecule has 2 aliphatic heterocycles. The lowest BCUT2D eigenvalue weighted by Crippen LogP contribution is -2.36. The first-order valence-electron chi connectivity index (χ1n) is 15.6. The van der Waals surface area contributed by atoms with Gasteiger partial charge in [0.25, 0.3) is 0 Å². The van der Waals surface area contributed by atoms with Gasteiger partial charge in [-0.15, -0.1) is 0 Å². The molecule has 1 saturated carbocycles. The number of carboxylic acids is 1. The molecule has 1 unspecified atom stereocenters. The van der Waals surface area contributed by atoms with Gasteiger partial charge in [-0.25, -0.2) is 4.79 Å². The number of hydrogen-bond donors (Lipinski definition) is 3. The molecule has 5 atom stereocenters. The van der Waals surface area contributed by atoms with Crippen molar-refractivity contribution in [3.8, 4) is 0 Å². The number of hydrogen-bond acceptors (Lipinski definition) is 8. The fourth-order valence-electron chi connectivity index (χ4n) is 5.55. The minimum Gasteiger partial charge on any atom is -0.479 e. The summed E-state index contributed by atoms with van der Waals surface area (Å²) >= 11 is 0. The summed E-state index contributed by atoms with van der Waals surface area (Å²) in [6, 6.07) is 0. The van der Waals surface area contributed by atoms with Crippen LogP contribution in [0.15, 0.2) is 0 Å². The van der Waals surface area contributed by atoms with Gasteiger partial charge < -0.3 is 34.3 Å². The molecule has 0 amide bonds. The number of rotatable bonds is 6. The summed E-state index contributed by atoms with van der Waals surface area (Å²) in [5.74, 6) is -2.10. The Balaban J connectivity index is 0. The van der Waals surface area contributed by atoms with Crippen LogP contribution in [0.25, 0.3) is 0 Å². The van der Waals surface area contributed by atoms with Crippen molar-refractivity contribution in [1.29, 1.82) is 0 Å². The van der Waals surface area contributed by atoms with Crippen molar-refractivity contribution in [3.05, 3.63) is 0 Å². The van der Waals surface area contributed by atoms with Crippen LogP contribution in [-0.4, -0.2) is 75.8 Å². The van der Waals surface area contributed by atoms with Gasteiger partial charge >= 0.3 is 5.97 Å². The molecule has 2 heterocycles. The van der Waals surface area contributed by atoms with Crippen LogP contribution in [0.5, 0.6) is 0 Å². The van der Waals surface area contributed by atoms with Gasteiger partial charge in [0.15, 0.2) is 23.5 Å². The molecule has 2 saturated heterocycles.